The van der Waals surface area contributed by atoms with E-state index in [1.54, 1.807) is 41.2 Å². The van der Waals surface area contributed by atoms with E-state index in [2.05, 4.69) is 34.1 Å². The average Bonchev–Trinajstić information content (AvgIpc) is 3.29. The second-order valence-electron chi connectivity index (χ2n) is 8.56. The van der Waals surface area contributed by atoms with Crippen LogP contribution < -0.4 is 5.32 Å². The Kier molecular flexibility index (Phi) is 6.68. The summed E-state index contributed by atoms with van der Waals surface area (Å²) in [7, 11) is 1.79. The Labute approximate surface area is 194 Å². The van der Waals surface area contributed by atoms with Crippen molar-refractivity contribution in [3.63, 3.8) is 0 Å². The molecule has 33 heavy (non-hydrogen) atoms. The van der Waals surface area contributed by atoms with Crippen LogP contribution in [0.1, 0.15) is 28.9 Å². The van der Waals surface area contributed by atoms with Gasteiger partial charge in [-0.3, -0.25) is 19.3 Å². The number of piperidine rings is 1. The second kappa shape index (κ2) is 9.81. The Bertz CT molecular complexity index is 1140. The first-order chi connectivity index (χ1) is 16.0. The smallest absolute Gasteiger partial charge is 0.274 e. The summed E-state index contributed by atoms with van der Waals surface area (Å²) in [6, 6.07) is 13.7. The zero-order chi connectivity index (χ0) is 23.3. The van der Waals surface area contributed by atoms with E-state index in [1.807, 2.05) is 30.5 Å². The van der Waals surface area contributed by atoms with E-state index in [4.69, 9.17) is 0 Å². The van der Waals surface area contributed by atoms with Crippen LogP contribution in [0.25, 0.3) is 11.1 Å². The highest BCUT2D eigenvalue weighted by atomic mass is 16.2. The summed E-state index contributed by atoms with van der Waals surface area (Å²) in [4.78, 5) is 32.7. The number of nitrogens with one attached hydrogen (secondary N) is 1. The predicted octanol–water partition coefficient (Wildman–Crippen LogP) is 3.25. The van der Waals surface area contributed by atoms with E-state index >= 15 is 0 Å². The lowest BCUT2D eigenvalue weighted by atomic mass is 9.73. The molecule has 1 aromatic carbocycles. The van der Waals surface area contributed by atoms with Crippen molar-refractivity contribution < 1.29 is 9.59 Å². The van der Waals surface area contributed by atoms with Gasteiger partial charge in [0.2, 0.25) is 5.91 Å². The van der Waals surface area contributed by atoms with Crippen LogP contribution in [-0.4, -0.2) is 51.1 Å². The van der Waals surface area contributed by atoms with E-state index in [0.29, 0.717) is 38.2 Å². The number of hydrogen-bond donors (Lipinski definition) is 1. The molecule has 3 heterocycles. The van der Waals surface area contributed by atoms with Gasteiger partial charge in [0.05, 0.1) is 5.41 Å². The monoisotopic (exact) mass is 443 g/mol. The van der Waals surface area contributed by atoms with Crippen molar-refractivity contribution in [3.8, 4) is 11.1 Å². The van der Waals surface area contributed by atoms with Crippen LogP contribution in [0.5, 0.6) is 0 Å². The standard InChI is InChI=1S/C26H29N5O2/c1-3-13-28-25(33)26(12-7-15-31(19-26)24(32)23-11-16-30(2)29-23)17-20-8-4-5-10-22(20)21-9-6-14-27-18-21/h3-6,8-11,14,16,18H,1,7,12-13,15,17,19H2,2H3,(H,28,33). The summed E-state index contributed by atoms with van der Waals surface area (Å²) >= 11 is 0. The fourth-order valence-corrected chi connectivity index (χ4v) is 4.60. The number of carbonyl (C=O) groups is 2. The molecular weight excluding hydrogens is 414 g/mol. The first kappa shape index (κ1) is 22.5. The van der Waals surface area contributed by atoms with E-state index in [9.17, 15) is 9.59 Å². The molecule has 1 saturated heterocycles. The topological polar surface area (TPSA) is 80.1 Å². The summed E-state index contributed by atoms with van der Waals surface area (Å²) in [6.45, 7) is 5.06. The van der Waals surface area contributed by atoms with Crippen molar-refractivity contribution in [2.45, 2.75) is 19.3 Å². The lowest BCUT2D eigenvalue weighted by Gasteiger charge is -2.42. The van der Waals surface area contributed by atoms with Crippen LogP contribution in [0.2, 0.25) is 0 Å². The number of carbonyl (C=O) groups excluding carboxylic acids is 2. The third kappa shape index (κ3) is 4.87. The molecule has 2 amide bonds. The number of nitrogens with zero attached hydrogens (tertiary/aromatic N) is 4. The van der Waals surface area contributed by atoms with Gasteiger partial charge in [-0.25, -0.2) is 0 Å². The number of benzene rings is 1. The van der Waals surface area contributed by atoms with Gasteiger partial charge in [0.1, 0.15) is 5.69 Å². The summed E-state index contributed by atoms with van der Waals surface area (Å²) in [5.74, 6) is -0.196. The normalized spacial score (nSPS) is 18.0. The van der Waals surface area contributed by atoms with Crippen molar-refractivity contribution in [1.29, 1.82) is 0 Å². The van der Waals surface area contributed by atoms with Crippen molar-refractivity contribution in [3.05, 3.63) is 85.0 Å². The molecule has 0 bridgehead atoms. The molecule has 4 rings (SSSR count). The maximum atomic E-state index is 13.5. The molecule has 1 aliphatic rings. The average molecular weight is 444 g/mol. The van der Waals surface area contributed by atoms with Gasteiger partial charge in [0.15, 0.2) is 0 Å². The molecule has 1 unspecified atom stereocenters. The van der Waals surface area contributed by atoms with Gasteiger partial charge in [-0.15, -0.1) is 6.58 Å². The van der Waals surface area contributed by atoms with Crippen LogP contribution in [0.3, 0.4) is 0 Å². The number of pyridine rings is 1. The lowest BCUT2D eigenvalue weighted by molar-refractivity contribution is -0.133. The van der Waals surface area contributed by atoms with Crippen molar-refractivity contribution in [1.82, 2.24) is 25.0 Å². The fourth-order valence-electron chi connectivity index (χ4n) is 4.60. The third-order valence-corrected chi connectivity index (χ3v) is 6.20. The first-order valence-corrected chi connectivity index (χ1v) is 11.2. The van der Waals surface area contributed by atoms with Crippen LogP contribution in [0.4, 0.5) is 0 Å². The molecule has 2 aromatic heterocycles. The van der Waals surface area contributed by atoms with Gasteiger partial charge in [-0.1, -0.05) is 36.4 Å². The molecule has 1 aliphatic heterocycles. The molecule has 170 valence electrons. The Hall–Kier alpha value is -3.74. The first-order valence-electron chi connectivity index (χ1n) is 11.2. The van der Waals surface area contributed by atoms with Crippen molar-refractivity contribution in [2.75, 3.05) is 19.6 Å². The van der Waals surface area contributed by atoms with Gasteiger partial charge in [-0.2, -0.15) is 5.10 Å². The van der Waals surface area contributed by atoms with Gasteiger partial charge >= 0.3 is 0 Å². The maximum Gasteiger partial charge on any atom is 0.274 e. The van der Waals surface area contributed by atoms with Gasteiger partial charge < -0.3 is 10.2 Å². The van der Waals surface area contributed by atoms with Gasteiger partial charge in [0.25, 0.3) is 5.91 Å². The van der Waals surface area contributed by atoms with E-state index in [-0.39, 0.29) is 11.8 Å². The SMILES string of the molecule is C=CCNC(=O)C1(Cc2ccccc2-c2cccnc2)CCCN(C(=O)c2ccn(C)n2)C1. The summed E-state index contributed by atoms with van der Waals surface area (Å²) < 4.78 is 1.62. The molecule has 7 nitrogen and oxygen atoms in total. The summed E-state index contributed by atoms with van der Waals surface area (Å²) in [5, 5.41) is 7.27. The highest BCUT2D eigenvalue weighted by Gasteiger charge is 2.44. The minimum atomic E-state index is -0.746. The van der Waals surface area contributed by atoms with Crippen LogP contribution in [0.15, 0.2) is 73.7 Å². The zero-order valence-corrected chi connectivity index (χ0v) is 18.9. The van der Waals surface area contributed by atoms with Crippen molar-refractivity contribution in [2.24, 2.45) is 12.5 Å². The molecular formula is C26H29N5O2. The number of likely N-dealkylation sites (tertiary alicyclic amines) is 1. The third-order valence-electron chi connectivity index (χ3n) is 6.20. The zero-order valence-electron chi connectivity index (χ0n) is 18.9. The maximum absolute atomic E-state index is 13.5. The molecule has 7 heteroatoms. The number of aromatic nitrogens is 3. The van der Waals surface area contributed by atoms with Gasteiger partial charge in [-0.05, 0) is 42.5 Å². The van der Waals surface area contributed by atoms with E-state index in [1.165, 1.54) is 0 Å². The molecule has 1 N–H and O–H groups in total. The highest BCUT2D eigenvalue weighted by molar-refractivity contribution is 5.93. The molecule has 1 fully saturated rings. The second-order valence-corrected chi connectivity index (χ2v) is 8.56. The van der Waals surface area contributed by atoms with Crippen LogP contribution >= 0.6 is 0 Å². The molecule has 0 radical (unpaired) electrons. The minimum absolute atomic E-state index is 0.0538. The number of hydrogen-bond acceptors (Lipinski definition) is 4. The Balaban J connectivity index is 1.68. The number of rotatable bonds is 7. The summed E-state index contributed by atoms with van der Waals surface area (Å²) in [5.41, 5.74) is 2.77. The van der Waals surface area contributed by atoms with Crippen molar-refractivity contribution >= 4 is 11.8 Å². The minimum Gasteiger partial charge on any atom is -0.352 e. The Morgan fingerprint density at radius 1 is 1.21 bits per heavy atom. The predicted molar refractivity (Wildman–Crippen MR) is 127 cm³/mol. The van der Waals surface area contributed by atoms with Crippen LogP contribution in [0, 0.1) is 5.41 Å². The molecule has 1 atom stereocenters. The molecule has 3 aromatic rings. The highest BCUT2D eigenvalue weighted by Crippen LogP contribution is 2.37. The van der Waals surface area contributed by atoms with E-state index < -0.39 is 5.41 Å². The Morgan fingerprint density at radius 3 is 2.79 bits per heavy atom. The van der Waals surface area contributed by atoms with E-state index in [0.717, 1.165) is 23.1 Å². The number of amides is 2. The lowest BCUT2D eigenvalue weighted by Crippen LogP contribution is -2.54. The summed E-state index contributed by atoms with van der Waals surface area (Å²) in [6.07, 6.45) is 8.98. The van der Waals surface area contributed by atoms with Crippen LogP contribution in [-0.2, 0) is 18.3 Å². The molecule has 0 spiro atoms. The quantitative estimate of drug-likeness (QED) is 0.569. The number of aryl methyl sites for hydroxylation is 1. The Morgan fingerprint density at radius 2 is 2.06 bits per heavy atom. The van der Waals surface area contributed by atoms with Gasteiger partial charge in [0, 0.05) is 50.8 Å². The largest absolute Gasteiger partial charge is 0.352 e. The fraction of sp³-hybridized carbons (Fsp3) is 0.308. The molecule has 0 saturated carbocycles. The molecule has 0 aliphatic carbocycles.